The maximum atomic E-state index is 12.5. The van der Waals surface area contributed by atoms with Crippen LogP contribution in [-0.4, -0.2) is 19.1 Å². The highest BCUT2D eigenvalue weighted by molar-refractivity contribution is 5.93. The fourth-order valence-corrected chi connectivity index (χ4v) is 2.67. The second-order valence-electron chi connectivity index (χ2n) is 5.41. The number of halogens is 2. The third-order valence-electron chi connectivity index (χ3n) is 3.82. The standard InChI is InChI=1S/C17H17F2N3O2/c18-17(19)24-13-8-6-12(7-9-13)21-16(23)14-10-20-22-15(14)11-4-2-1-3-5-11/h1-9,14-15,17,20,22H,10H2,(H,21,23). The van der Waals surface area contributed by atoms with E-state index in [1.165, 1.54) is 24.3 Å². The van der Waals surface area contributed by atoms with Gasteiger partial charge in [-0.2, -0.15) is 8.78 Å². The predicted molar refractivity (Wildman–Crippen MR) is 85.5 cm³/mol. The molecule has 0 radical (unpaired) electrons. The molecule has 3 N–H and O–H groups in total. The Labute approximate surface area is 138 Å². The van der Waals surface area contributed by atoms with Gasteiger partial charge in [-0.05, 0) is 29.8 Å². The van der Waals surface area contributed by atoms with Gasteiger partial charge in [0, 0.05) is 12.2 Å². The number of hydrogen-bond acceptors (Lipinski definition) is 4. The second-order valence-corrected chi connectivity index (χ2v) is 5.41. The van der Waals surface area contributed by atoms with Crippen LogP contribution in [0.15, 0.2) is 54.6 Å². The average molecular weight is 333 g/mol. The maximum Gasteiger partial charge on any atom is 0.387 e. The van der Waals surface area contributed by atoms with E-state index < -0.39 is 6.61 Å². The zero-order valence-electron chi connectivity index (χ0n) is 12.7. The van der Waals surface area contributed by atoms with Crippen LogP contribution in [-0.2, 0) is 4.79 Å². The van der Waals surface area contributed by atoms with Crippen LogP contribution in [0.3, 0.4) is 0 Å². The van der Waals surface area contributed by atoms with Crippen molar-refractivity contribution in [2.24, 2.45) is 5.92 Å². The van der Waals surface area contributed by atoms with Gasteiger partial charge in [0.1, 0.15) is 5.75 Å². The molecule has 126 valence electrons. The minimum absolute atomic E-state index is 0.0503. The van der Waals surface area contributed by atoms with Gasteiger partial charge in [-0.25, -0.2) is 5.43 Å². The molecule has 0 aromatic heterocycles. The molecule has 0 spiro atoms. The summed E-state index contributed by atoms with van der Waals surface area (Å²) in [5.74, 6) is -0.386. The van der Waals surface area contributed by atoms with Crippen molar-refractivity contribution in [1.82, 2.24) is 10.9 Å². The lowest BCUT2D eigenvalue weighted by Gasteiger charge is -2.18. The number of rotatable bonds is 5. The highest BCUT2D eigenvalue weighted by atomic mass is 19.3. The third-order valence-corrected chi connectivity index (χ3v) is 3.82. The highest BCUT2D eigenvalue weighted by Gasteiger charge is 2.33. The van der Waals surface area contributed by atoms with E-state index in [0.717, 1.165) is 5.56 Å². The van der Waals surface area contributed by atoms with Crippen molar-refractivity contribution < 1.29 is 18.3 Å². The Kier molecular flexibility index (Phi) is 5.02. The summed E-state index contributed by atoms with van der Waals surface area (Å²) < 4.78 is 28.6. The van der Waals surface area contributed by atoms with E-state index in [4.69, 9.17) is 0 Å². The SMILES string of the molecule is O=C(Nc1ccc(OC(F)F)cc1)C1CNNC1c1ccccc1. The number of hydrogen-bond donors (Lipinski definition) is 3. The molecule has 1 aliphatic rings. The fraction of sp³-hybridized carbons (Fsp3) is 0.235. The number of benzene rings is 2. The number of carbonyl (C=O) groups is 1. The lowest BCUT2D eigenvalue weighted by Crippen LogP contribution is -2.29. The van der Waals surface area contributed by atoms with Gasteiger partial charge in [0.05, 0.1) is 12.0 Å². The van der Waals surface area contributed by atoms with Crippen LogP contribution in [0.25, 0.3) is 0 Å². The number of amides is 1. The van der Waals surface area contributed by atoms with Crippen molar-refractivity contribution in [3.63, 3.8) is 0 Å². The van der Waals surface area contributed by atoms with Crippen molar-refractivity contribution in [2.75, 3.05) is 11.9 Å². The maximum absolute atomic E-state index is 12.5. The summed E-state index contributed by atoms with van der Waals surface area (Å²) >= 11 is 0. The number of carbonyl (C=O) groups excluding carboxylic acids is 1. The Morgan fingerprint density at radius 3 is 2.50 bits per heavy atom. The van der Waals surface area contributed by atoms with Crippen molar-refractivity contribution in [1.29, 1.82) is 0 Å². The molecule has 0 saturated carbocycles. The molecule has 0 bridgehead atoms. The summed E-state index contributed by atoms with van der Waals surface area (Å²) in [4.78, 5) is 12.5. The number of alkyl halides is 2. The molecular weight excluding hydrogens is 316 g/mol. The molecule has 7 heteroatoms. The Bertz CT molecular complexity index is 680. The highest BCUT2D eigenvalue weighted by Crippen LogP contribution is 2.26. The van der Waals surface area contributed by atoms with Crippen LogP contribution < -0.4 is 20.9 Å². The average Bonchev–Trinajstić information content (AvgIpc) is 3.07. The molecule has 1 amide bonds. The molecule has 0 aliphatic carbocycles. The zero-order valence-corrected chi connectivity index (χ0v) is 12.7. The molecule has 2 aromatic carbocycles. The molecule has 1 heterocycles. The van der Waals surface area contributed by atoms with Crippen molar-refractivity contribution in [3.8, 4) is 5.75 Å². The first-order chi connectivity index (χ1) is 11.6. The summed E-state index contributed by atoms with van der Waals surface area (Å²) in [6.07, 6.45) is 0. The van der Waals surface area contributed by atoms with E-state index in [1.807, 2.05) is 30.3 Å². The lowest BCUT2D eigenvalue weighted by atomic mass is 9.94. The van der Waals surface area contributed by atoms with Crippen molar-refractivity contribution in [2.45, 2.75) is 12.7 Å². The molecule has 24 heavy (non-hydrogen) atoms. The van der Waals surface area contributed by atoms with E-state index >= 15 is 0 Å². The summed E-state index contributed by atoms with van der Waals surface area (Å²) in [7, 11) is 0. The van der Waals surface area contributed by atoms with Crippen LogP contribution in [0.5, 0.6) is 5.75 Å². The molecule has 1 aliphatic heterocycles. The Hall–Kier alpha value is -2.51. The lowest BCUT2D eigenvalue weighted by molar-refractivity contribution is -0.119. The zero-order chi connectivity index (χ0) is 16.9. The molecule has 2 atom stereocenters. The number of ether oxygens (including phenoxy) is 1. The van der Waals surface area contributed by atoms with E-state index in [1.54, 1.807) is 0 Å². The van der Waals surface area contributed by atoms with Crippen molar-refractivity contribution in [3.05, 3.63) is 60.2 Å². The number of anilines is 1. The normalized spacial score (nSPS) is 20.1. The van der Waals surface area contributed by atoms with Gasteiger partial charge in [0.25, 0.3) is 0 Å². The van der Waals surface area contributed by atoms with Gasteiger partial charge in [-0.15, -0.1) is 0 Å². The Morgan fingerprint density at radius 2 is 1.83 bits per heavy atom. The molecule has 3 rings (SSSR count). The van der Waals surface area contributed by atoms with Crippen LogP contribution in [0.2, 0.25) is 0 Å². The van der Waals surface area contributed by atoms with E-state index in [9.17, 15) is 13.6 Å². The topological polar surface area (TPSA) is 62.4 Å². The summed E-state index contributed by atoms with van der Waals surface area (Å²) in [5.41, 5.74) is 7.66. The quantitative estimate of drug-likeness (QED) is 0.787. The Balaban J connectivity index is 1.66. The van der Waals surface area contributed by atoms with Gasteiger partial charge >= 0.3 is 6.61 Å². The van der Waals surface area contributed by atoms with E-state index in [2.05, 4.69) is 20.9 Å². The molecule has 1 fully saturated rings. The first-order valence-corrected chi connectivity index (χ1v) is 7.52. The smallest absolute Gasteiger partial charge is 0.387 e. The summed E-state index contributed by atoms with van der Waals surface area (Å²) in [6, 6.07) is 15.4. The molecule has 2 unspecified atom stereocenters. The van der Waals surface area contributed by atoms with E-state index in [-0.39, 0.29) is 23.6 Å². The Morgan fingerprint density at radius 1 is 1.12 bits per heavy atom. The fourth-order valence-electron chi connectivity index (χ4n) is 2.67. The minimum Gasteiger partial charge on any atom is -0.435 e. The van der Waals surface area contributed by atoms with Gasteiger partial charge < -0.3 is 10.1 Å². The third kappa shape index (κ3) is 3.87. The first-order valence-electron chi connectivity index (χ1n) is 7.52. The van der Waals surface area contributed by atoms with Gasteiger partial charge in [-0.3, -0.25) is 10.2 Å². The van der Waals surface area contributed by atoms with Crippen molar-refractivity contribution >= 4 is 11.6 Å². The van der Waals surface area contributed by atoms with Crippen LogP contribution in [0.4, 0.5) is 14.5 Å². The van der Waals surface area contributed by atoms with Crippen LogP contribution in [0, 0.1) is 5.92 Å². The molecular formula is C17H17F2N3O2. The number of hydrazine groups is 1. The van der Waals surface area contributed by atoms with Gasteiger partial charge in [0.2, 0.25) is 5.91 Å². The monoisotopic (exact) mass is 333 g/mol. The summed E-state index contributed by atoms with van der Waals surface area (Å²) in [5, 5.41) is 2.80. The van der Waals surface area contributed by atoms with Gasteiger partial charge in [0.15, 0.2) is 0 Å². The molecule has 1 saturated heterocycles. The van der Waals surface area contributed by atoms with Crippen LogP contribution >= 0.6 is 0 Å². The van der Waals surface area contributed by atoms with Gasteiger partial charge in [-0.1, -0.05) is 30.3 Å². The van der Waals surface area contributed by atoms with Crippen LogP contribution in [0.1, 0.15) is 11.6 Å². The second kappa shape index (κ2) is 7.37. The minimum atomic E-state index is -2.87. The largest absolute Gasteiger partial charge is 0.435 e. The molecule has 2 aromatic rings. The first kappa shape index (κ1) is 16.4. The van der Waals surface area contributed by atoms with E-state index in [0.29, 0.717) is 12.2 Å². The predicted octanol–water partition coefficient (Wildman–Crippen LogP) is 2.69. The summed E-state index contributed by atoms with van der Waals surface area (Å²) in [6.45, 7) is -2.37. The number of nitrogens with one attached hydrogen (secondary N) is 3. The molecule has 5 nitrogen and oxygen atoms in total.